The molecule has 0 bridgehead atoms. The van der Waals surface area contributed by atoms with Gasteiger partial charge in [0.25, 0.3) is 0 Å². The van der Waals surface area contributed by atoms with Crippen molar-refractivity contribution in [3.05, 3.63) is 18.2 Å². The van der Waals surface area contributed by atoms with E-state index in [-0.39, 0.29) is 21.1 Å². The van der Waals surface area contributed by atoms with Crippen molar-refractivity contribution in [2.24, 2.45) is 7.05 Å². The topological polar surface area (TPSA) is 17.8 Å². The fraction of sp³-hybridized carbons (Fsp3) is 0.500. The molecule has 0 spiro atoms. The fourth-order valence-electron chi connectivity index (χ4n) is 0.665. The quantitative estimate of drug-likeness (QED) is 0.809. The van der Waals surface area contributed by atoms with Crippen molar-refractivity contribution in [1.82, 2.24) is 9.55 Å². The molecule has 2 nitrogen and oxygen atoms in total. The summed E-state index contributed by atoms with van der Waals surface area (Å²) in [6.07, 6.45) is 5.87. The van der Waals surface area contributed by atoms with E-state index in [4.69, 9.17) is 0 Å². The van der Waals surface area contributed by atoms with Gasteiger partial charge in [0, 0.05) is 40.5 Å². The van der Waals surface area contributed by atoms with Crippen LogP contribution in [0.1, 0.15) is 5.82 Å². The van der Waals surface area contributed by atoms with Crippen LogP contribution in [0.3, 0.4) is 0 Å². The number of imidazole rings is 1. The average molecular weight is 337 g/mol. The van der Waals surface area contributed by atoms with Crippen molar-refractivity contribution in [3.63, 3.8) is 0 Å². The summed E-state index contributed by atoms with van der Waals surface area (Å²) in [7, 11) is 2.01. The molecule has 0 fully saturated rings. The number of rotatable bonds is 2. The van der Waals surface area contributed by atoms with Crippen LogP contribution >= 0.6 is 11.8 Å². The summed E-state index contributed by atoms with van der Waals surface area (Å²) in [6, 6.07) is 0. The first-order valence-electron chi connectivity index (χ1n) is 2.79. The van der Waals surface area contributed by atoms with Gasteiger partial charge in [0.1, 0.15) is 5.82 Å². The molecule has 0 aliphatic rings. The van der Waals surface area contributed by atoms with Crippen LogP contribution in [-0.4, -0.2) is 15.8 Å². The van der Waals surface area contributed by atoms with E-state index in [9.17, 15) is 0 Å². The molecule has 0 aliphatic carbocycles. The summed E-state index contributed by atoms with van der Waals surface area (Å²) < 4.78 is 2.04. The molecule has 0 aliphatic heterocycles. The predicted octanol–water partition coefficient (Wildman–Crippen LogP) is 1.28. The molecule has 0 aromatic carbocycles. The Bertz CT molecular complexity index is 188. The molecule has 0 radical (unpaired) electrons. The fourth-order valence-corrected chi connectivity index (χ4v) is 1.20. The van der Waals surface area contributed by atoms with Gasteiger partial charge in [0.2, 0.25) is 0 Å². The molecule has 0 unspecified atom stereocenters. The van der Waals surface area contributed by atoms with E-state index >= 15 is 0 Å². The Kier molecular flexibility index (Phi) is 5.10. The van der Waals surface area contributed by atoms with Gasteiger partial charge < -0.3 is 4.57 Å². The second-order valence-electron chi connectivity index (χ2n) is 1.89. The molecule has 1 heterocycles. The monoisotopic (exact) mass is 337 g/mol. The average Bonchev–Trinajstić information content (AvgIpc) is 2.18. The zero-order chi connectivity index (χ0) is 6.69. The van der Waals surface area contributed by atoms with Crippen LogP contribution in [0.15, 0.2) is 12.4 Å². The van der Waals surface area contributed by atoms with Gasteiger partial charge in [-0.1, -0.05) is 0 Å². The first-order chi connectivity index (χ1) is 4.34. The number of hydrogen-bond donors (Lipinski definition) is 0. The molecular weight excluding hydrogens is 327 g/mol. The van der Waals surface area contributed by atoms with Crippen LogP contribution in [0, 0.1) is 0 Å². The maximum atomic E-state index is 4.15. The standard InChI is InChI=1S/C6H10N2S.Pt/c1-8-4-3-7-6(8)5-9-2;/h3-4H,5H2,1-2H3;. The SMILES string of the molecule is CSCc1nccn1C.[Pt]. The number of aryl methyl sites for hydroxylation is 1. The summed E-state index contributed by atoms with van der Waals surface area (Å²) in [5, 5.41) is 0. The zero-order valence-electron chi connectivity index (χ0n) is 5.98. The van der Waals surface area contributed by atoms with Gasteiger partial charge in [-0.05, 0) is 6.26 Å². The van der Waals surface area contributed by atoms with Crippen molar-refractivity contribution >= 4 is 11.8 Å². The van der Waals surface area contributed by atoms with Gasteiger partial charge in [0.05, 0.1) is 5.75 Å². The molecular formula is C6H10N2PtS. The molecule has 0 saturated heterocycles. The van der Waals surface area contributed by atoms with E-state index < -0.39 is 0 Å². The minimum atomic E-state index is 0. The predicted molar refractivity (Wildman–Crippen MR) is 40.4 cm³/mol. The third kappa shape index (κ3) is 2.47. The van der Waals surface area contributed by atoms with Crippen molar-refractivity contribution in [3.8, 4) is 0 Å². The number of nitrogens with zero attached hydrogens (tertiary/aromatic N) is 2. The van der Waals surface area contributed by atoms with Gasteiger partial charge in [-0.2, -0.15) is 11.8 Å². The summed E-state index contributed by atoms with van der Waals surface area (Å²) in [6.45, 7) is 0. The Balaban J connectivity index is 0.000000810. The molecule has 1 aromatic rings. The van der Waals surface area contributed by atoms with Crippen LogP contribution < -0.4 is 0 Å². The molecule has 4 heteroatoms. The number of thioether (sulfide) groups is 1. The molecule has 1 rings (SSSR count). The van der Waals surface area contributed by atoms with Gasteiger partial charge in [-0.15, -0.1) is 0 Å². The Morgan fingerprint density at radius 1 is 1.70 bits per heavy atom. The van der Waals surface area contributed by atoms with Crippen molar-refractivity contribution in [1.29, 1.82) is 0 Å². The smallest absolute Gasteiger partial charge is 0.118 e. The van der Waals surface area contributed by atoms with E-state index in [1.165, 1.54) is 0 Å². The summed E-state index contributed by atoms with van der Waals surface area (Å²) in [5.74, 6) is 2.14. The normalized spacial score (nSPS) is 9.00. The Labute approximate surface area is 79.7 Å². The third-order valence-electron chi connectivity index (χ3n) is 1.19. The largest absolute Gasteiger partial charge is 0.337 e. The summed E-state index contributed by atoms with van der Waals surface area (Å²) in [4.78, 5) is 4.15. The number of aromatic nitrogens is 2. The van der Waals surface area contributed by atoms with Crippen LogP contribution in [-0.2, 0) is 33.9 Å². The Hall–Kier alpha value is 0.248. The number of hydrogen-bond acceptors (Lipinski definition) is 2. The first-order valence-corrected chi connectivity index (χ1v) is 4.19. The maximum Gasteiger partial charge on any atom is 0.118 e. The summed E-state index contributed by atoms with van der Waals surface area (Å²) in [5.41, 5.74) is 0. The van der Waals surface area contributed by atoms with E-state index in [2.05, 4.69) is 11.2 Å². The van der Waals surface area contributed by atoms with E-state index in [1.54, 1.807) is 11.8 Å². The van der Waals surface area contributed by atoms with E-state index in [0.29, 0.717) is 0 Å². The molecule has 1 aromatic heterocycles. The second kappa shape index (κ2) is 4.97. The van der Waals surface area contributed by atoms with Crippen LogP contribution in [0.5, 0.6) is 0 Å². The van der Waals surface area contributed by atoms with Gasteiger partial charge in [-0.3, -0.25) is 0 Å². The Morgan fingerprint density at radius 2 is 2.40 bits per heavy atom. The minimum absolute atomic E-state index is 0. The van der Waals surface area contributed by atoms with Gasteiger partial charge >= 0.3 is 0 Å². The van der Waals surface area contributed by atoms with Crippen LogP contribution in [0.4, 0.5) is 0 Å². The molecule has 0 N–H and O–H groups in total. The molecule has 0 saturated carbocycles. The van der Waals surface area contributed by atoms with Crippen LogP contribution in [0.25, 0.3) is 0 Å². The maximum absolute atomic E-state index is 4.15. The summed E-state index contributed by atoms with van der Waals surface area (Å²) >= 11 is 1.79. The third-order valence-corrected chi connectivity index (χ3v) is 1.74. The van der Waals surface area contributed by atoms with Crippen molar-refractivity contribution in [2.75, 3.05) is 6.26 Å². The minimum Gasteiger partial charge on any atom is -0.337 e. The van der Waals surface area contributed by atoms with Crippen LogP contribution in [0.2, 0.25) is 0 Å². The molecule has 10 heavy (non-hydrogen) atoms. The van der Waals surface area contributed by atoms with E-state index in [0.717, 1.165) is 11.6 Å². The Morgan fingerprint density at radius 3 is 2.80 bits per heavy atom. The second-order valence-corrected chi connectivity index (χ2v) is 2.75. The van der Waals surface area contributed by atoms with Gasteiger partial charge in [-0.25, -0.2) is 4.98 Å². The molecule has 60 valence electrons. The zero-order valence-corrected chi connectivity index (χ0v) is 9.07. The van der Waals surface area contributed by atoms with Crippen molar-refractivity contribution in [2.45, 2.75) is 5.75 Å². The van der Waals surface area contributed by atoms with Crippen molar-refractivity contribution < 1.29 is 21.1 Å². The van der Waals surface area contributed by atoms with Gasteiger partial charge in [0.15, 0.2) is 0 Å². The first kappa shape index (κ1) is 10.2. The molecule has 0 atom stereocenters. The molecule has 0 amide bonds. The van der Waals surface area contributed by atoms with E-state index in [1.807, 2.05) is 24.0 Å².